The Morgan fingerprint density at radius 2 is 1.75 bits per heavy atom. The summed E-state index contributed by atoms with van der Waals surface area (Å²) in [6.07, 6.45) is 4.92. The van der Waals surface area contributed by atoms with Crippen molar-refractivity contribution in [2.45, 2.75) is 6.54 Å². The average molecular weight is 438 g/mol. The van der Waals surface area contributed by atoms with Crippen LogP contribution in [0.15, 0.2) is 91.1 Å². The molecule has 2 aromatic heterocycles. The van der Waals surface area contributed by atoms with E-state index in [0.29, 0.717) is 12.2 Å². The molecule has 0 saturated carbocycles. The first-order valence-corrected chi connectivity index (χ1v) is 10.9. The largest absolute Gasteiger partial charge is 0.323 e. The molecule has 0 aliphatic rings. The number of hydrogen-bond acceptors (Lipinski definition) is 5. The van der Waals surface area contributed by atoms with Crippen molar-refractivity contribution >= 4 is 39.2 Å². The fourth-order valence-electron chi connectivity index (χ4n) is 3.27. The summed E-state index contributed by atoms with van der Waals surface area (Å²) in [5.74, 6) is -0.227. The number of hydrogen-bond donors (Lipinski definition) is 1. The third-order valence-electron chi connectivity index (χ3n) is 4.84. The van der Waals surface area contributed by atoms with Gasteiger partial charge in [0.2, 0.25) is 5.91 Å². The molecular weight excluding hydrogens is 418 g/mol. The molecule has 0 unspecified atom stereocenters. The van der Waals surface area contributed by atoms with E-state index in [1.807, 2.05) is 79.0 Å². The summed E-state index contributed by atoms with van der Waals surface area (Å²) in [6, 6.07) is 25.8. The summed E-state index contributed by atoms with van der Waals surface area (Å²) >= 11 is 1.65. The number of fused-ring (bicyclic) bond motifs is 1. The highest BCUT2D eigenvalue weighted by atomic mass is 32.1. The van der Waals surface area contributed by atoms with E-state index >= 15 is 0 Å². The third kappa shape index (κ3) is 4.63. The van der Waals surface area contributed by atoms with Gasteiger partial charge in [-0.1, -0.05) is 47.7 Å². The number of nitrogens with zero attached hydrogens (tertiary/aromatic N) is 4. The number of rotatable bonds is 6. The quantitative estimate of drug-likeness (QED) is 0.368. The summed E-state index contributed by atoms with van der Waals surface area (Å²) in [4.78, 5) is 17.0. The van der Waals surface area contributed by atoms with Crippen LogP contribution in [0.2, 0.25) is 0 Å². The molecule has 6 nitrogen and oxygen atoms in total. The van der Waals surface area contributed by atoms with E-state index in [2.05, 4.69) is 26.7 Å². The van der Waals surface area contributed by atoms with Gasteiger partial charge in [-0.2, -0.15) is 0 Å². The van der Waals surface area contributed by atoms with Crippen LogP contribution in [0.25, 0.3) is 26.9 Å². The second-order valence-corrected chi connectivity index (χ2v) is 8.24. The Hall–Kier alpha value is -4.10. The van der Waals surface area contributed by atoms with Crippen LogP contribution in [0.3, 0.4) is 0 Å². The first-order valence-electron chi connectivity index (χ1n) is 10.1. The van der Waals surface area contributed by atoms with Crippen LogP contribution < -0.4 is 5.32 Å². The molecule has 32 heavy (non-hydrogen) atoms. The summed E-state index contributed by atoms with van der Waals surface area (Å²) in [7, 11) is 0. The summed E-state index contributed by atoms with van der Waals surface area (Å²) in [5.41, 5.74) is 4.50. The Bertz CT molecular complexity index is 1350. The lowest BCUT2D eigenvalue weighted by atomic mass is 10.2. The van der Waals surface area contributed by atoms with E-state index in [0.717, 1.165) is 32.0 Å². The summed E-state index contributed by atoms with van der Waals surface area (Å²) < 4.78 is 2.90. The van der Waals surface area contributed by atoms with Crippen LogP contribution in [0.5, 0.6) is 0 Å². The fourth-order valence-corrected chi connectivity index (χ4v) is 4.25. The van der Waals surface area contributed by atoms with Gasteiger partial charge in [0, 0.05) is 17.3 Å². The normalized spacial score (nSPS) is 11.2. The van der Waals surface area contributed by atoms with E-state index < -0.39 is 0 Å². The number of anilines is 1. The monoisotopic (exact) mass is 437 g/mol. The molecule has 0 bridgehead atoms. The number of amides is 1. The lowest BCUT2D eigenvalue weighted by Crippen LogP contribution is -2.07. The molecule has 3 aromatic carbocycles. The lowest BCUT2D eigenvalue weighted by molar-refractivity contribution is -0.111. The van der Waals surface area contributed by atoms with Crippen LogP contribution in [0.4, 0.5) is 5.69 Å². The van der Waals surface area contributed by atoms with E-state index in [1.165, 1.54) is 6.08 Å². The standard InChI is InChI=1S/C25H19N5OS/c31-24(15-14-21-17-30(29-28-21)16-18-6-2-1-3-7-18)26-20-12-10-19(11-13-20)25-27-22-8-4-5-9-23(22)32-25/h1-15,17H,16H2,(H,26,31)/b15-14+. The van der Waals surface area contributed by atoms with Gasteiger partial charge in [-0.05, 0) is 48.0 Å². The number of aromatic nitrogens is 4. The third-order valence-corrected chi connectivity index (χ3v) is 5.93. The van der Waals surface area contributed by atoms with E-state index in [-0.39, 0.29) is 5.91 Å². The molecule has 156 valence electrons. The lowest BCUT2D eigenvalue weighted by Gasteiger charge is -2.03. The maximum Gasteiger partial charge on any atom is 0.248 e. The minimum absolute atomic E-state index is 0.227. The first kappa shape index (κ1) is 19.8. The molecule has 0 aliphatic heterocycles. The number of carbonyl (C=O) groups excluding carboxylic acids is 1. The zero-order chi connectivity index (χ0) is 21.8. The predicted octanol–water partition coefficient (Wildman–Crippen LogP) is 5.26. The molecule has 0 atom stereocenters. The van der Waals surface area contributed by atoms with Gasteiger partial charge in [-0.15, -0.1) is 16.4 Å². The van der Waals surface area contributed by atoms with Gasteiger partial charge >= 0.3 is 0 Å². The summed E-state index contributed by atoms with van der Waals surface area (Å²) in [5, 5.41) is 12.0. The van der Waals surface area contributed by atoms with Crippen molar-refractivity contribution in [3.8, 4) is 10.6 Å². The molecule has 0 aliphatic carbocycles. The SMILES string of the molecule is O=C(/C=C/c1cn(Cc2ccccc2)nn1)Nc1ccc(-c2nc3ccccc3s2)cc1. The maximum atomic E-state index is 12.3. The molecule has 0 spiro atoms. The van der Waals surface area contributed by atoms with Gasteiger partial charge in [0.15, 0.2) is 0 Å². The molecule has 0 radical (unpaired) electrons. The molecular formula is C25H19N5OS. The van der Waals surface area contributed by atoms with Crippen LogP contribution in [-0.2, 0) is 11.3 Å². The van der Waals surface area contributed by atoms with Gasteiger partial charge in [-0.25, -0.2) is 9.67 Å². The van der Waals surface area contributed by atoms with Crippen LogP contribution in [0.1, 0.15) is 11.3 Å². The predicted molar refractivity (Wildman–Crippen MR) is 128 cm³/mol. The van der Waals surface area contributed by atoms with Gasteiger partial charge < -0.3 is 5.32 Å². The Morgan fingerprint density at radius 1 is 0.969 bits per heavy atom. The highest BCUT2D eigenvalue weighted by Crippen LogP contribution is 2.30. The highest BCUT2D eigenvalue weighted by molar-refractivity contribution is 7.21. The van der Waals surface area contributed by atoms with Crippen LogP contribution >= 0.6 is 11.3 Å². The molecule has 0 fully saturated rings. The van der Waals surface area contributed by atoms with Crippen molar-refractivity contribution in [2.24, 2.45) is 0 Å². The minimum Gasteiger partial charge on any atom is -0.323 e. The number of carbonyl (C=O) groups is 1. The van der Waals surface area contributed by atoms with Crippen molar-refractivity contribution < 1.29 is 4.79 Å². The Kier molecular flexibility index (Phi) is 5.55. The molecule has 1 amide bonds. The van der Waals surface area contributed by atoms with Crippen molar-refractivity contribution in [1.82, 2.24) is 20.0 Å². The highest BCUT2D eigenvalue weighted by Gasteiger charge is 2.06. The fraction of sp³-hybridized carbons (Fsp3) is 0.0400. The first-order chi connectivity index (χ1) is 15.7. The zero-order valence-electron chi connectivity index (χ0n) is 17.1. The van der Waals surface area contributed by atoms with E-state index in [4.69, 9.17) is 0 Å². The van der Waals surface area contributed by atoms with Crippen LogP contribution in [-0.4, -0.2) is 25.9 Å². The van der Waals surface area contributed by atoms with E-state index in [9.17, 15) is 4.79 Å². The van der Waals surface area contributed by atoms with Gasteiger partial charge in [-0.3, -0.25) is 4.79 Å². The average Bonchev–Trinajstić information content (AvgIpc) is 3.46. The van der Waals surface area contributed by atoms with Crippen molar-refractivity contribution in [1.29, 1.82) is 0 Å². The van der Waals surface area contributed by atoms with Gasteiger partial charge in [0.05, 0.1) is 23.0 Å². The number of thiazole rings is 1. The second-order valence-electron chi connectivity index (χ2n) is 7.21. The molecule has 7 heteroatoms. The minimum atomic E-state index is -0.227. The van der Waals surface area contributed by atoms with Gasteiger partial charge in [0.25, 0.3) is 0 Å². The number of para-hydroxylation sites is 1. The summed E-state index contributed by atoms with van der Waals surface area (Å²) in [6.45, 7) is 0.634. The zero-order valence-corrected chi connectivity index (χ0v) is 17.9. The van der Waals surface area contributed by atoms with Crippen molar-refractivity contribution in [3.63, 3.8) is 0 Å². The topological polar surface area (TPSA) is 72.7 Å². The Balaban J connectivity index is 1.20. The second kappa shape index (κ2) is 8.95. The molecule has 5 aromatic rings. The smallest absolute Gasteiger partial charge is 0.248 e. The Morgan fingerprint density at radius 3 is 2.56 bits per heavy atom. The van der Waals surface area contributed by atoms with Gasteiger partial charge in [0.1, 0.15) is 10.7 Å². The van der Waals surface area contributed by atoms with Crippen molar-refractivity contribution in [3.05, 3.63) is 102 Å². The molecule has 1 N–H and O–H groups in total. The van der Waals surface area contributed by atoms with Crippen LogP contribution in [0, 0.1) is 0 Å². The number of benzene rings is 3. The van der Waals surface area contributed by atoms with E-state index in [1.54, 1.807) is 22.1 Å². The molecule has 0 saturated heterocycles. The van der Waals surface area contributed by atoms with Crippen molar-refractivity contribution in [2.75, 3.05) is 5.32 Å². The maximum absolute atomic E-state index is 12.3. The molecule has 5 rings (SSSR count). The molecule has 2 heterocycles. The number of nitrogens with one attached hydrogen (secondary N) is 1. The Labute approximate surface area is 188 Å².